The fraction of sp³-hybridized carbons (Fsp3) is 0.778. The van der Waals surface area contributed by atoms with Crippen LogP contribution in [0.1, 0.15) is 0 Å². The molecule has 1 amide bonds. The first kappa shape index (κ1) is 18.5. The molecule has 0 radical (unpaired) electrons. The standard InChI is InChI=1S/C7H11F3N2O.C2HF3O2/c1-11-6(13)5-2-12(3-5)4-7(8,9)10;3-2(4,5)1(6)7/h5H,2-4H2,1H3,(H,11,13);(H,6,7). The smallest absolute Gasteiger partial charge is 0.475 e. The van der Waals surface area contributed by atoms with Crippen LogP contribution in [0.15, 0.2) is 0 Å². The molecule has 1 aliphatic rings. The minimum Gasteiger partial charge on any atom is -0.475 e. The van der Waals surface area contributed by atoms with Gasteiger partial charge in [-0.1, -0.05) is 0 Å². The van der Waals surface area contributed by atoms with Crippen LogP contribution < -0.4 is 5.32 Å². The first-order valence-corrected chi connectivity index (χ1v) is 5.17. The summed E-state index contributed by atoms with van der Waals surface area (Å²) in [5.41, 5.74) is 0. The molecule has 2 N–H and O–H groups in total. The number of carbonyl (C=O) groups is 2. The van der Waals surface area contributed by atoms with Crippen LogP contribution in [0.25, 0.3) is 0 Å². The molecule has 1 rings (SSSR count). The second-order valence-corrected chi connectivity index (χ2v) is 3.92. The summed E-state index contributed by atoms with van der Waals surface area (Å²) in [4.78, 5) is 21.0. The average molecular weight is 310 g/mol. The minimum absolute atomic E-state index is 0.182. The summed E-state index contributed by atoms with van der Waals surface area (Å²) in [5.74, 6) is -3.21. The lowest BCUT2D eigenvalue weighted by molar-refractivity contribution is -0.192. The number of hydrogen-bond acceptors (Lipinski definition) is 3. The van der Waals surface area contributed by atoms with Crippen molar-refractivity contribution in [2.24, 2.45) is 5.92 Å². The van der Waals surface area contributed by atoms with Crippen molar-refractivity contribution in [3.63, 3.8) is 0 Å². The predicted octanol–water partition coefficient (Wildman–Crippen LogP) is 0.860. The van der Waals surface area contributed by atoms with Gasteiger partial charge in [-0.2, -0.15) is 26.3 Å². The van der Waals surface area contributed by atoms with Gasteiger partial charge in [-0.3, -0.25) is 9.69 Å². The number of nitrogens with one attached hydrogen (secondary N) is 1. The van der Waals surface area contributed by atoms with Gasteiger partial charge in [0.05, 0.1) is 12.5 Å². The highest BCUT2D eigenvalue weighted by Gasteiger charge is 2.39. The van der Waals surface area contributed by atoms with E-state index in [0.717, 1.165) is 0 Å². The summed E-state index contributed by atoms with van der Waals surface area (Å²) < 4.78 is 67.1. The van der Waals surface area contributed by atoms with Crippen LogP contribution >= 0.6 is 0 Å². The van der Waals surface area contributed by atoms with E-state index in [1.54, 1.807) is 0 Å². The zero-order valence-corrected chi connectivity index (χ0v) is 10.2. The molecule has 0 bridgehead atoms. The minimum atomic E-state index is -5.08. The lowest BCUT2D eigenvalue weighted by atomic mass is 9.99. The molecule has 20 heavy (non-hydrogen) atoms. The Kier molecular flexibility index (Phi) is 6.26. The lowest BCUT2D eigenvalue weighted by Crippen LogP contribution is -2.55. The van der Waals surface area contributed by atoms with Gasteiger partial charge in [0.25, 0.3) is 0 Å². The van der Waals surface area contributed by atoms with E-state index in [1.165, 1.54) is 11.9 Å². The Labute approximate surface area is 109 Å². The molecule has 0 saturated carbocycles. The number of rotatable bonds is 2. The quantitative estimate of drug-likeness (QED) is 0.742. The Morgan fingerprint density at radius 2 is 1.60 bits per heavy atom. The highest BCUT2D eigenvalue weighted by Crippen LogP contribution is 2.22. The van der Waals surface area contributed by atoms with Crippen LogP contribution in [0.4, 0.5) is 26.3 Å². The lowest BCUT2D eigenvalue weighted by Gasteiger charge is -2.38. The van der Waals surface area contributed by atoms with Crippen LogP contribution in [0.5, 0.6) is 0 Å². The van der Waals surface area contributed by atoms with E-state index in [1.807, 2.05) is 0 Å². The SMILES string of the molecule is CNC(=O)C1CN(CC(F)(F)F)C1.O=C(O)C(F)(F)F. The van der Waals surface area contributed by atoms with E-state index < -0.39 is 24.9 Å². The first-order chi connectivity index (χ1) is 8.86. The summed E-state index contributed by atoms with van der Waals surface area (Å²) in [5, 5.41) is 9.53. The molecule has 118 valence electrons. The van der Waals surface area contributed by atoms with Crippen LogP contribution in [0.3, 0.4) is 0 Å². The van der Waals surface area contributed by atoms with E-state index in [2.05, 4.69) is 5.32 Å². The molecular weight excluding hydrogens is 298 g/mol. The van der Waals surface area contributed by atoms with Gasteiger partial charge in [-0.05, 0) is 0 Å². The van der Waals surface area contributed by atoms with Gasteiger partial charge in [0.15, 0.2) is 0 Å². The van der Waals surface area contributed by atoms with Crippen molar-refractivity contribution in [3.05, 3.63) is 0 Å². The fourth-order valence-electron chi connectivity index (χ4n) is 1.32. The Balaban J connectivity index is 0.000000441. The van der Waals surface area contributed by atoms with Gasteiger partial charge in [0, 0.05) is 20.1 Å². The maximum absolute atomic E-state index is 11.8. The largest absolute Gasteiger partial charge is 0.490 e. The summed E-state index contributed by atoms with van der Waals surface area (Å²) in [6.07, 6.45) is -9.24. The molecule has 1 fully saturated rings. The molecule has 0 unspecified atom stereocenters. The molecule has 5 nitrogen and oxygen atoms in total. The Bertz CT molecular complexity index is 349. The van der Waals surface area contributed by atoms with E-state index in [0.29, 0.717) is 0 Å². The van der Waals surface area contributed by atoms with Gasteiger partial charge >= 0.3 is 18.3 Å². The van der Waals surface area contributed by atoms with Gasteiger partial charge in [0.1, 0.15) is 0 Å². The van der Waals surface area contributed by atoms with Crippen molar-refractivity contribution >= 4 is 11.9 Å². The summed E-state index contributed by atoms with van der Waals surface area (Å²) in [6, 6.07) is 0. The third-order valence-electron chi connectivity index (χ3n) is 2.22. The topological polar surface area (TPSA) is 69.6 Å². The molecule has 1 aliphatic heterocycles. The number of alkyl halides is 6. The van der Waals surface area contributed by atoms with Crippen molar-refractivity contribution in [3.8, 4) is 0 Å². The maximum Gasteiger partial charge on any atom is 0.490 e. The highest BCUT2D eigenvalue weighted by molar-refractivity contribution is 5.79. The fourth-order valence-corrected chi connectivity index (χ4v) is 1.32. The van der Waals surface area contributed by atoms with Gasteiger partial charge in [-0.25, -0.2) is 4.79 Å². The molecule has 0 atom stereocenters. The number of carboxylic acids is 1. The maximum atomic E-state index is 11.8. The molecule has 0 aliphatic carbocycles. The van der Waals surface area contributed by atoms with E-state index in [9.17, 15) is 31.1 Å². The molecular formula is C9H12F6N2O3. The number of hydrogen-bond donors (Lipinski definition) is 2. The second-order valence-electron chi connectivity index (χ2n) is 3.92. The van der Waals surface area contributed by atoms with E-state index in [4.69, 9.17) is 9.90 Å². The number of likely N-dealkylation sites (tertiary alicyclic amines) is 1. The molecule has 0 aromatic rings. The Hall–Kier alpha value is -1.52. The predicted molar refractivity (Wildman–Crippen MR) is 53.7 cm³/mol. The van der Waals surface area contributed by atoms with Crippen molar-refractivity contribution < 1.29 is 41.0 Å². The first-order valence-electron chi connectivity index (χ1n) is 5.17. The third-order valence-corrected chi connectivity index (χ3v) is 2.22. The van der Waals surface area contributed by atoms with Gasteiger partial charge < -0.3 is 10.4 Å². The summed E-state index contributed by atoms with van der Waals surface area (Å²) in [7, 11) is 1.48. The van der Waals surface area contributed by atoms with E-state index in [-0.39, 0.29) is 24.9 Å². The van der Waals surface area contributed by atoms with Gasteiger partial charge in [0.2, 0.25) is 5.91 Å². The Morgan fingerprint density at radius 3 is 1.85 bits per heavy atom. The summed E-state index contributed by atoms with van der Waals surface area (Å²) in [6.45, 7) is -0.501. The van der Waals surface area contributed by atoms with Crippen LogP contribution in [-0.4, -0.2) is 60.9 Å². The molecule has 1 heterocycles. The van der Waals surface area contributed by atoms with Crippen LogP contribution in [0.2, 0.25) is 0 Å². The van der Waals surface area contributed by atoms with Gasteiger partial charge in [-0.15, -0.1) is 0 Å². The zero-order chi connectivity index (χ0) is 16.1. The number of amides is 1. The van der Waals surface area contributed by atoms with Crippen molar-refractivity contribution in [2.75, 3.05) is 26.7 Å². The van der Waals surface area contributed by atoms with E-state index >= 15 is 0 Å². The summed E-state index contributed by atoms with van der Waals surface area (Å²) >= 11 is 0. The normalized spacial score (nSPS) is 16.8. The highest BCUT2D eigenvalue weighted by atomic mass is 19.4. The molecule has 11 heteroatoms. The third kappa shape index (κ3) is 7.16. The molecule has 0 aromatic heterocycles. The van der Waals surface area contributed by atoms with Crippen molar-refractivity contribution in [2.45, 2.75) is 12.4 Å². The molecule has 0 aromatic carbocycles. The average Bonchev–Trinajstić information content (AvgIpc) is 2.20. The van der Waals surface area contributed by atoms with Crippen LogP contribution in [0, 0.1) is 5.92 Å². The number of nitrogens with zero attached hydrogens (tertiary/aromatic N) is 1. The number of halogens is 6. The Morgan fingerprint density at radius 1 is 1.20 bits per heavy atom. The number of aliphatic carboxylic acids is 1. The molecule has 1 saturated heterocycles. The van der Waals surface area contributed by atoms with Crippen molar-refractivity contribution in [1.29, 1.82) is 0 Å². The monoisotopic (exact) mass is 310 g/mol. The van der Waals surface area contributed by atoms with Crippen LogP contribution in [-0.2, 0) is 9.59 Å². The molecule has 0 spiro atoms. The zero-order valence-electron chi connectivity index (χ0n) is 10.2. The van der Waals surface area contributed by atoms with Crippen molar-refractivity contribution in [1.82, 2.24) is 10.2 Å². The number of carboxylic acid groups (broad SMARTS) is 1. The number of carbonyl (C=O) groups excluding carboxylic acids is 1. The second kappa shape index (κ2) is 6.77.